The molecule has 37 heavy (non-hydrogen) atoms. The predicted molar refractivity (Wildman–Crippen MR) is 143 cm³/mol. The highest BCUT2D eigenvalue weighted by molar-refractivity contribution is 5.86. The second-order valence-corrected chi connectivity index (χ2v) is 9.15. The van der Waals surface area contributed by atoms with Gasteiger partial charge in [-0.3, -0.25) is 19.9 Å². The van der Waals surface area contributed by atoms with Crippen molar-refractivity contribution in [2.75, 3.05) is 32.2 Å². The summed E-state index contributed by atoms with van der Waals surface area (Å²) in [6, 6.07) is 24.6. The summed E-state index contributed by atoms with van der Waals surface area (Å²) in [5.74, 6) is 2.04. The highest BCUT2D eigenvalue weighted by Crippen LogP contribution is 2.29. The maximum atomic E-state index is 13.3. The summed E-state index contributed by atoms with van der Waals surface area (Å²) in [5, 5.41) is 0.437. The molecule has 0 saturated carbocycles. The Morgan fingerprint density at radius 3 is 2.38 bits per heavy atom. The van der Waals surface area contributed by atoms with Gasteiger partial charge in [0, 0.05) is 0 Å². The molecule has 0 radical (unpaired) electrons. The third kappa shape index (κ3) is 5.81. The lowest BCUT2D eigenvalue weighted by atomic mass is 9.89. The molecule has 0 atom stereocenters. The van der Waals surface area contributed by atoms with Crippen molar-refractivity contribution in [3.8, 4) is 11.5 Å². The zero-order valence-electron chi connectivity index (χ0n) is 20.8. The minimum atomic E-state index is -0.330. The van der Waals surface area contributed by atoms with Gasteiger partial charge in [0.05, 0.1) is 24.6 Å². The zero-order valence-corrected chi connectivity index (χ0v) is 20.8. The number of para-hydroxylation sites is 2. The second-order valence-electron chi connectivity index (χ2n) is 9.15. The fourth-order valence-corrected chi connectivity index (χ4v) is 4.72. The molecule has 5 rings (SSSR count). The second kappa shape index (κ2) is 11.3. The Kier molecular flexibility index (Phi) is 7.46. The van der Waals surface area contributed by atoms with Gasteiger partial charge in [0.25, 0.3) is 11.5 Å². The fourth-order valence-electron chi connectivity index (χ4n) is 4.72. The van der Waals surface area contributed by atoms with Gasteiger partial charge in [-0.2, -0.15) is 4.68 Å². The van der Waals surface area contributed by atoms with Gasteiger partial charge in [-0.25, -0.2) is 4.98 Å². The number of rotatable bonds is 8. The van der Waals surface area contributed by atoms with Crippen LogP contribution in [-0.2, 0) is 11.4 Å². The van der Waals surface area contributed by atoms with E-state index in [-0.39, 0.29) is 24.6 Å². The topological polar surface area (TPSA) is 85.7 Å². The lowest BCUT2D eigenvalue weighted by Crippen LogP contribution is -2.43. The van der Waals surface area contributed by atoms with E-state index in [1.807, 2.05) is 48.5 Å². The van der Waals surface area contributed by atoms with Gasteiger partial charge in [-0.15, -0.1) is 0 Å². The Morgan fingerprint density at radius 1 is 0.946 bits per heavy atom. The summed E-state index contributed by atoms with van der Waals surface area (Å²) in [6.45, 7) is 1.85. The fraction of sp³-hybridized carbons (Fsp3) is 0.276. The molecule has 0 unspecified atom stereocenters. The summed E-state index contributed by atoms with van der Waals surface area (Å²) in [4.78, 5) is 33.0. The van der Waals surface area contributed by atoms with Gasteiger partial charge < -0.3 is 9.47 Å². The Morgan fingerprint density at radius 2 is 1.65 bits per heavy atom. The molecule has 1 aliphatic rings. The van der Waals surface area contributed by atoms with E-state index in [2.05, 4.69) is 27.4 Å². The molecule has 0 aliphatic carbocycles. The van der Waals surface area contributed by atoms with Crippen molar-refractivity contribution in [1.82, 2.24) is 14.6 Å². The maximum Gasteiger partial charge on any atom is 0.280 e. The molecule has 4 aromatic rings. The lowest BCUT2D eigenvalue weighted by Gasteiger charge is -2.31. The van der Waals surface area contributed by atoms with Crippen LogP contribution in [0.2, 0.25) is 0 Å². The van der Waals surface area contributed by atoms with Crippen molar-refractivity contribution in [2.45, 2.75) is 25.4 Å². The van der Waals surface area contributed by atoms with Gasteiger partial charge in [0.2, 0.25) is 0 Å². The Bertz CT molecular complexity index is 1410. The molecule has 0 spiro atoms. The monoisotopic (exact) mass is 498 g/mol. The number of ether oxygens (including phenoxy) is 2. The standard InChI is InChI=1S/C29H30N4O4/c1-36-23-13-11-21(12-14-23)22-15-17-32(18-16-22)19-28(34)31-33-27(20-37-24-7-3-2-4-8-24)30-26-10-6-5-9-25(26)29(33)35/h2-14,22H,15-20H2,1H3,(H,31,34). The number of benzene rings is 3. The van der Waals surface area contributed by atoms with Crippen LogP contribution in [0.15, 0.2) is 83.7 Å². The van der Waals surface area contributed by atoms with E-state index in [4.69, 9.17) is 9.47 Å². The summed E-state index contributed by atoms with van der Waals surface area (Å²) in [5.41, 5.74) is 4.30. The highest BCUT2D eigenvalue weighted by Gasteiger charge is 2.23. The largest absolute Gasteiger partial charge is 0.497 e. The number of nitrogens with zero attached hydrogens (tertiary/aromatic N) is 3. The molecule has 1 N–H and O–H groups in total. The smallest absolute Gasteiger partial charge is 0.280 e. The summed E-state index contributed by atoms with van der Waals surface area (Å²) in [6.07, 6.45) is 1.93. The number of carbonyl (C=O) groups is 1. The number of nitrogens with one attached hydrogen (secondary N) is 1. The molecule has 1 aliphatic heterocycles. The summed E-state index contributed by atoms with van der Waals surface area (Å²) < 4.78 is 12.3. The van der Waals surface area contributed by atoms with E-state index in [1.54, 1.807) is 25.3 Å². The number of hydrogen-bond acceptors (Lipinski definition) is 6. The molecule has 0 bridgehead atoms. The van der Waals surface area contributed by atoms with Crippen LogP contribution in [0.1, 0.15) is 30.1 Å². The molecule has 1 aromatic heterocycles. The number of hydrogen-bond donors (Lipinski definition) is 1. The van der Waals surface area contributed by atoms with Gasteiger partial charge >= 0.3 is 0 Å². The van der Waals surface area contributed by atoms with Crippen molar-refractivity contribution in [3.05, 3.63) is 101 Å². The minimum Gasteiger partial charge on any atom is -0.497 e. The van der Waals surface area contributed by atoms with Gasteiger partial charge in [0.15, 0.2) is 5.82 Å². The molecular formula is C29H30N4O4. The summed E-state index contributed by atoms with van der Waals surface area (Å²) >= 11 is 0. The minimum absolute atomic E-state index is 0.0393. The van der Waals surface area contributed by atoms with Crippen LogP contribution < -0.4 is 20.5 Å². The van der Waals surface area contributed by atoms with Gasteiger partial charge in [-0.05, 0) is 73.8 Å². The van der Waals surface area contributed by atoms with Crippen LogP contribution in [0.4, 0.5) is 0 Å². The molecule has 1 amide bonds. The number of carbonyl (C=O) groups excluding carboxylic acids is 1. The van der Waals surface area contributed by atoms with E-state index in [1.165, 1.54) is 10.2 Å². The Labute approximate surface area is 215 Å². The SMILES string of the molecule is COc1ccc(C2CCN(CC(=O)Nn3c(COc4ccccc4)nc4ccccc4c3=O)CC2)cc1. The van der Waals surface area contributed by atoms with E-state index in [9.17, 15) is 9.59 Å². The van der Waals surface area contributed by atoms with Crippen molar-refractivity contribution in [2.24, 2.45) is 0 Å². The number of likely N-dealkylation sites (tertiary alicyclic amines) is 1. The molecular weight excluding hydrogens is 468 g/mol. The van der Waals surface area contributed by atoms with Crippen LogP contribution >= 0.6 is 0 Å². The number of amides is 1. The van der Waals surface area contributed by atoms with Crippen molar-refractivity contribution < 1.29 is 14.3 Å². The van der Waals surface area contributed by atoms with E-state index in [0.29, 0.717) is 28.4 Å². The van der Waals surface area contributed by atoms with E-state index >= 15 is 0 Å². The van der Waals surface area contributed by atoms with Gasteiger partial charge in [0.1, 0.15) is 18.1 Å². The number of fused-ring (bicyclic) bond motifs is 1. The zero-order chi connectivity index (χ0) is 25.6. The molecule has 190 valence electrons. The normalized spacial score (nSPS) is 14.4. The predicted octanol–water partition coefficient (Wildman–Crippen LogP) is 3.93. The Hall–Kier alpha value is -4.17. The number of methoxy groups -OCH3 is 1. The van der Waals surface area contributed by atoms with E-state index in [0.717, 1.165) is 31.7 Å². The molecule has 1 fully saturated rings. The average Bonchev–Trinajstić information content (AvgIpc) is 2.95. The maximum absolute atomic E-state index is 13.3. The Balaban J connectivity index is 1.26. The van der Waals surface area contributed by atoms with Crippen molar-refractivity contribution in [1.29, 1.82) is 0 Å². The lowest BCUT2D eigenvalue weighted by molar-refractivity contribution is -0.118. The third-order valence-corrected chi connectivity index (χ3v) is 6.73. The number of piperidine rings is 1. The molecule has 8 heteroatoms. The van der Waals surface area contributed by atoms with Crippen LogP contribution in [0, 0.1) is 0 Å². The van der Waals surface area contributed by atoms with Crippen molar-refractivity contribution >= 4 is 16.8 Å². The quantitative estimate of drug-likeness (QED) is 0.396. The first kappa shape index (κ1) is 24.5. The summed E-state index contributed by atoms with van der Waals surface area (Å²) in [7, 11) is 1.67. The molecule has 3 aromatic carbocycles. The number of aromatic nitrogens is 2. The van der Waals surface area contributed by atoms with E-state index < -0.39 is 0 Å². The first-order valence-electron chi connectivity index (χ1n) is 12.5. The average molecular weight is 499 g/mol. The van der Waals surface area contributed by atoms with Crippen molar-refractivity contribution in [3.63, 3.8) is 0 Å². The third-order valence-electron chi connectivity index (χ3n) is 6.73. The van der Waals surface area contributed by atoms with Gasteiger partial charge in [-0.1, -0.05) is 42.5 Å². The molecule has 8 nitrogen and oxygen atoms in total. The van der Waals surface area contributed by atoms with Crippen LogP contribution in [0.25, 0.3) is 10.9 Å². The highest BCUT2D eigenvalue weighted by atomic mass is 16.5. The molecule has 2 heterocycles. The first-order valence-corrected chi connectivity index (χ1v) is 12.5. The molecule has 1 saturated heterocycles. The van der Waals surface area contributed by atoms with Crippen LogP contribution in [-0.4, -0.2) is 47.2 Å². The van der Waals surface area contributed by atoms with Crippen LogP contribution in [0.3, 0.4) is 0 Å². The first-order chi connectivity index (χ1) is 18.1. The van der Waals surface area contributed by atoms with Crippen LogP contribution in [0.5, 0.6) is 11.5 Å².